The molecule has 0 saturated heterocycles. The number of aliphatic hydroxyl groups is 1. The number of halogens is 1. The summed E-state index contributed by atoms with van der Waals surface area (Å²) in [5.74, 6) is -1.32. The molecule has 1 aromatic rings. The first kappa shape index (κ1) is 16.7. The number of aliphatic hydroxyl groups excluding tert-OH is 1. The Balaban J connectivity index is 3.03. The Bertz CT molecular complexity index is 430. The van der Waals surface area contributed by atoms with Crippen molar-refractivity contribution >= 4 is 19.2 Å². The fourth-order valence-electron chi connectivity index (χ4n) is 1.55. The Hall–Kier alpha value is -0.380. The summed E-state index contributed by atoms with van der Waals surface area (Å²) < 4.78 is 23.4. The van der Waals surface area contributed by atoms with E-state index in [2.05, 4.69) is 0 Å². The highest BCUT2D eigenvalue weighted by Crippen LogP contribution is 2.61. The molecule has 0 bridgehead atoms. The van der Waals surface area contributed by atoms with Gasteiger partial charge in [-0.15, -0.1) is 0 Å². The lowest BCUT2D eigenvalue weighted by Gasteiger charge is -2.26. The zero-order valence-corrected chi connectivity index (χ0v) is 13.2. The molecule has 0 unspecified atom stereocenters. The van der Waals surface area contributed by atoms with Crippen LogP contribution in [0, 0.1) is 0 Å². The zero-order valence-electron chi connectivity index (χ0n) is 11.5. The van der Waals surface area contributed by atoms with Gasteiger partial charge in [0.05, 0.1) is 12.2 Å². The number of benzene rings is 1. The van der Waals surface area contributed by atoms with Crippen molar-refractivity contribution in [3.63, 3.8) is 0 Å². The minimum atomic E-state index is -3.65. The molecule has 0 heterocycles. The molecule has 4 nitrogen and oxygen atoms in total. The molecule has 0 amide bonds. The summed E-state index contributed by atoms with van der Waals surface area (Å²) in [6.07, 6.45) is -0.627. The second-order valence-electron chi connectivity index (χ2n) is 4.77. The van der Waals surface area contributed by atoms with Gasteiger partial charge >= 0.3 is 7.60 Å². The molecular formula is C13H20ClO4P. The molecule has 108 valence electrons. The summed E-state index contributed by atoms with van der Waals surface area (Å²) in [5, 5.41) is 10.8. The maximum absolute atomic E-state index is 12.7. The van der Waals surface area contributed by atoms with Crippen LogP contribution < -0.4 is 0 Å². The monoisotopic (exact) mass is 306 g/mol. The Morgan fingerprint density at radius 3 is 1.84 bits per heavy atom. The zero-order chi connectivity index (χ0) is 14.6. The van der Waals surface area contributed by atoms with Crippen molar-refractivity contribution < 1.29 is 18.7 Å². The van der Waals surface area contributed by atoms with E-state index >= 15 is 0 Å². The molecular weight excluding hydrogens is 287 g/mol. The first-order valence-electron chi connectivity index (χ1n) is 6.14. The largest absolute Gasteiger partial charge is 0.376 e. The summed E-state index contributed by atoms with van der Waals surface area (Å²) in [6.45, 7) is 6.96. The Morgan fingerprint density at radius 1 is 1.05 bits per heavy atom. The molecule has 1 N–H and O–H groups in total. The molecule has 6 heteroatoms. The van der Waals surface area contributed by atoms with Crippen LogP contribution >= 0.6 is 19.2 Å². The highest BCUT2D eigenvalue weighted by molar-refractivity contribution is 7.54. The van der Waals surface area contributed by atoms with Gasteiger partial charge in [0.2, 0.25) is 0 Å². The first-order chi connectivity index (χ1) is 8.74. The molecule has 1 aromatic carbocycles. The molecule has 0 aliphatic heterocycles. The molecule has 0 aliphatic carbocycles. The maximum atomic E-state index is 12.7. The average molecular weight is 307 g/mol. The maximum Gasteiger partial charge on any atom is 0.363 e. The third-order valence-corrected chi connectivity index (χ3v) is 4.76. The second-order valence-corrected chi connectivity index (χ2v) is 7.20. The molecule has 0 spiro atoms. The van der Waals surface area contributed by atoms with E-state index in [-0.39, 0.29) is 12.2 Å². The topological polar surface area (TPSA) is 55.8 Å². The van der Waals surface area contributed by atoms with Gasteiger partial charge in [0.25, 0.3) is 0 Å². The van der Waals surface area contributed by atoms with Crippen LogP contribution in [0.3, 0.4) is 0 Å². The van der Waals surface area contributed by atoms with Crippen LogP contribution in [0.1, 0.15) is 39.1 Å². The normalized spacial score (nSPS) is 14.1. The minimum Gasteiger partial charge on any atom is -0.376 e. The van der Waals surface area contributed by atoms with Crippen LogP contribution in [0.4, 0.5) is 0 Å². The van der Waals surface area contributed by atoms with Crippen molar-refractivity contribution in [2.45, 2.75) is 45.7 Å². The van der Waals surface area contributed by atoms with Gasteiger partial charge in [-0.1, -0.05) is 23.7 Å². The average Bonchev–Trinajstić information content (AvgIpc) is 2.26. The van der Waals surface area contributed by atoms with E-state index in [0.717, 1.165) is 0 Å². The summed E-state index contributed by atoms with van der Waals surface area (Å²) in [6, 6.07) is 6.45. The van der Waals surface area contributed by atoms with Crippen LogP contribution in [-0.4, -0.2) is 17.3 Å². The van der Waals surface area contributed by atoms with Gasteiger partial charge < -0.3 is 14.2 Å². The lowest BCUT2D eigenvalue weighted by molar-refractivity contribution is 0.101. The molecule has 1 atom stereocenters. The van der Waals surface area contributed by atoms with Gasteiger partial charge in [-0.3, -0.25) is 4.57 Å². The highest BCUT2D eigenvalue weighted by atomic mass is 35.5. The third-order valence-electron chi connectivity index (χ3n) is 2.18. The van der Waals surface area contributed by atoms with Crippen LogP contribution in [0.2, 0.25) is 5.02 Å². The fourth-order valence-corrected chi connectivity index (χ4v) is 3.66. The minimum absolute atomic E-state index is 0.313. The molecule has 1 rings (SSSR count). The van der Waals surface area contributed by atoms with E-state index in [0.29, 0.717) is 10.6 Å². The SMILES string of the molecule is CC(C)OP(=O)(OC(C)C)[C@H](O)c1ccc(Cl)cc1. The van der Waals surface area contributed by atoms with Gasteiger partial charge in [0, 0.05) is 5.02 Å². The van der Waals surface area contributed by atoms with E-state index in [1.165, 1.54) is 0 Å². The van der Waals surface area contributed by atoms with Gasteiger partial charge in [-0.05, 0) is 45.4 Å². The van der Waals surface area contributed by atoms with Crippen LogP contribution in [-0.2, 0) is 13.6 Å². The van der Waals surface area contributed by atoms with Crippen molar-refractivity contribution in [3.8, 4) is 0 Å². The van der Waals surface area contributed by atoms with Gasteiger partial charge in [0.1, 0.15) is 0 Å². The summed E-state index contributed by atoms with van der Waals surface area (Å²) in [5.41, 5.74) is 0.453. The lowest BCUT2D eigenvalue weighted by Crippen LogP contribution is -2.13. The lowest BCUT2D eigenvalue weighted by atomic mass is 10.2. The van der Waals surface area contributed by atoms with Crippen molar-refractivity contribution in [2.24, 2.45) is 0 Å². The quantitative estimate of drug-likeness (QED) is 0.793. The summed E-state index contributed by atoms with van der Waals surface area (Å²) in [7, 11) is -3.65. The number of hydrogen-bond acceptors (Lipinski definition) is 4. The molecule has 0 radical (unpaired) electrons. The van der Waals surface area contributed by atoms with Crippen LogP contribution in [0.25, 0.3) is 0 Å². The van der Waals surface area contributed by atoms with Gasteiger partial charge in [0.15, 0.2) is 5.85 Å². The van der Waals surface area contributed by atoms with Crippen LogP contribution in [0.5, 0.6) is 0 Å². The van der Waals surface area contributed by atoms with E-state index in [4.69, 9.17) is 20.6 Å². The van der Waals surface area contributed by atoms with E-state index in [1.54, 1.807) is 52.0 Å². The van der Waals surface area contributed by atoms with E-state index < -0.39 is 13.4 Å². The summed E-state index contributed by atoms with van der Waals surface area (Å²) >= 11 is 5.79. The van der Waals surface area contributed by atoms with E-state index in [9.17, 15) is 9.67 Å². The van der Waals surface area contributed by atoms with Crippen LogP contribution in [0.15, 0.2) is 24.3 Å². The second kappa shape index (κ2) is 6.87. The third kappa shape index (κ3) is 4.90. The standard InChI is InChI=1S/C13H20ClO4P/c1-9(2)17-19(16,18-10(3)4)13(15)11-5-7-12(14)8-6-11/h5-10,13,15H,1-4H3/t13-/m0/s1. The predicted molar refractivity (Wildman–Crippen MR) is 76.5 cm³/mol. The molecule has 19 heavy (non-hydrogen) atoms. The van der Waals surface area contributed by atoms with Crippen molar-refractivity contribution in [3.05, 3.63) is 34.9 Å². The molecule has 0 aliphatic rings. The highest BCUT2D eigenvalue weighted by Gasteiger charge is 2.37. The van der Waals surface area contributed by atoms with Gasteiger partial charge in [-0.2, -0.15) is 0 Å². The fraction of sp³-hybridized carbons (Fsp3) is 0.538. The molecule has 0 fully saturated rings. The Morgan fingerprint density at radius 2 is 1.47 bits per heavy atom. The molecule has 0 saturated carbocycles. The Labute approximate surface area is 119 Å². The Kier molecular flexibility index (Phi) is 6.03. The smallest absolute Gasteiger partial charge is 0.363 e. The first-order valence-corrected chi connectivity index (χ1v) is 8.13. The van der Waals surface area contributed by atoms with Crippen molar-refractivity contribution in [1.82, 2.24) is 0 Å². The van der Waals surface area contributed by atoms with E-state index in [1.807, 2.05) is 0 Å². The van der Waals surface area contributed by atoms with Gasteiger partial charge in [-0.25, -0.2) is 0 Å². The predicted octanol–water partition coefficient (Wildman–Crippen LogP) is 4.37. The van der Waals surface area contributed by atoms with Crippen molar-refractivity contribution in [2.75, 3.05) is 0 Å². The molecule has 0 aromatic heterocycles. The summed E-state index contributed by atoms with van der Waals surface area (Å²) in [4.78, 5) is 0. The number of hydrogen-bond donors (Lipinski definition) is 1. The van der Waals surface area contributed by atoms with Crippen molar-refractivity contribution in [1.29, 1.82) is 0 Å². The number of rotatable bonds is 6.